The average Bonchev–Trinajstić information content (AvgIpc) is 2.67. The van der Waals surface area contributed by atoms with Crippen LogP contribution in [-0.2, 0) is 9.47 Å². The Bertz CT molecular complexity index is 317. The second kappa shape index (κ2) is 4.49. The Morgan fingerprint density at radius 2 is 2.14 bits per heavy atom. The van der Waals surface area contributed by atoms with E-state index in [0.717, 1.165) is 5.56 Å². The van der Waals surface area contributed by atoms with E-state index in [1.807, 2.05) is 24.3 Å². The van der Waals surface area contributed by atoms with Crippen molar-refractivity contribution in [2.24, 2.45) is 0 Å². The molecule has 0 radical (unpaired) electrons. The van der Waals surface area contributed by atoms with Crippen molar-refractivity contribution < 1.29 is 9.47 Å². The smallest absolute Gasteiger partial charge is 0.185 e. The maximum atomic E-state index is 6.00. The van der Waals surface area contributed by atoms with Crippen molar-refractivity contribution in [3.63, 3.8) is 0 Å². The zero-order chi connectivity index (χ0) is 9.97. The summed E-state index contributed by atoms with van der Waals surface area (Å²) in [5, 5.41) is 0.660. The first-order valence-corrected chi connectivity index (χ1v) is 5.30. The predicted octanol–water partition coefficient (Wildman–Crippen LogP) is 2.99. The third-order valence-electron chi connectivity index (χ3n) is 2.08. The van der Waals surface area contributed by atoms with Gasteiger partial charge in [-0.3, -0.25) is 0 Å². The van der Waals surface area contributed by atoms with E-state index < -0.39 is 0 Å². The Labute approximate surface area is 92.7 Å². The van der Waals surface area contributed by atoms with Gasteiger partial charge in [-0.2, -0.15) is 0 Å². The lowest BCUT2D eigenvalue weighted by Crippen LogP contribution is -2.10. The molecule has 0 unspecified atom stereocenters. The molecule has 1 aromatic carbocycles. The van der Waals surface area contributed by atoms with Crippen molar-refractivity contribution in [3.8, 4) is 0 Å². The fourth-order valence-corrected chi connectivity index (χ4v) is 1.74. The van der Waals surface area contributed by atoms with Crippen LogP contribution in [0.1, 0.15) is 11.9 Å². The van der Waals surface area contributed by atoms with E-state index in [1.165, 1.54) is 0 Å². The third kappa shape index (κ3) is 2.04. The van der Waals surface area contributed by atoms with Gasteiger partial charge in [0, 0.05) is 10.6 Å². The van der Waals surface area contributed by atoms with Gasteiger partial charge in [-0.05, 0) is 6.07 Å². The SMILES string of the molecule is ClC[C@@H]1CO[C@H](c2ccccc2Cl)O1. The minimum Gasteiger partial charge on any atom is -0.346 e. The van der Waals surface area contributed by atoms with Gasteiger partial charge in [0.15, 0.2) is 6.29 Å². The molecular weight excluding hydrogens is 223 g/mol. The van der Waals surface area contributed by atoms with E-state index in [-0.39, 0.29) is 12.4 Å². The molecule has 1 aliphatic heterocycles. The van der Waals surface area contributed by atoms with Crippen molar-refractivity contribution in [1.29, 1.82) is 0 Å². The van der Waals surface area contributed by atoms with Gasteiger partial charge >= 0.3 is 0 Å². The van der Waals surface area contributed by atoms with Gasteiger partial charge in [-0.1, -0.05) is 29.8 Å². The van der Waals surface area contributed by atoms with E-state index in [4.69, 9.17) is 32.7 Å². The maximum Gasteiger partial charge on any atom is 0.185 e. The number of rotatable bonds is 2. The first-order chi connectivity index (χ1) is 6.81. The van der Waals surface area contributed by atoms with Gasteiger partial charge in [0.2, 0.25) is 0 Å². The van der Waals surface area contributed by atoms with Crippen LogP contribution in [0.25, 0.3) is 0 Å². The largest absolute Gasteiger partial charge is 0.346 e. The molecule has 4 heteroatoms. The second-order valence-corrected chi connectivity index (χ2v) is 3.81. The monoisotopic (exact) mass is 232 g/mol. The highest BCUT2D eigenvalue weighted by atomic mass is 35.5. The van der Waals surface area contributed by atoms with Crippen LogP contribution in [0.5, 0.6) is 0 Å². The summed E-state index contributed by atoms with van der Waals surface area (Å²) < 4.78 is 11.0. The number of ether oxygens (including phenoxy) is 2. The van der Waals surface area contributed by atoms with Crippen LogP contribution < -0.4 is 0 Å². The van der Waals surface area contributed by atoms with E-state index in [0.29, 0.717) is 17.5 Å². The lowest BCUT2D eigenvalue weighted by molar-refractivity contribution is -0.0566. The summed E-state index contributed by atoms with van der Waals surface area (Å²) >= 11 is 11.7. The van der Waals surface area contributed by atoms with Crippen molar-refractivity contribution in [3.05, 3.63) is 34.9 Å². The Morgan fingerprint density at radius 3 is 2.79 bits per heavy atom. The Balaban J connectivity index is 2.13. The summed E-state index contributed by atoms with van der Waals surface area (Å²) in [4.78, 5) is 0. The Morgan fingerprint density at radius 1 is 1.36 bits per heavy atom. The molecule has 2 nitrogen and oxygen atoms in total. The molecule has 1 heterocycles. The fourth-order valence-electron chi connectivity index (χ4n) is 1.36. The Kier molecular flexibility index (Phi) is 3.29. The summed E-state index contributed by atoms with van der Waals surface area (Å²) in [6.07, 6.45) is -0.398. The molecule has 0 saturated carbocycles. The molecule has 1 saturated heterocycles. The molecular formula is C10H10Cl2O2. The van der Waals surface area contributed by atoms with Gasteiger partial charge < -0.3 is 9.47 Å². The van der Waals surface area contributed by atoms with Gasteiger partial charge in [-0.25, -0.2) is 0 Å². The summed E-state index contributed by atoms with van der Waals surface area (Å²) in [6, 6.07) is 7.49. The molecule has 76 valence electrons. The summed E-state index contributed by atoms with van der Waals surface area (Å²) in [7, 11) is 0. The first-order valence-electron chi connectivity index (χ1n) is 4.38. The minimum absolute atomic E-state index is 0.0297. The molecule has 2 rings (SSSR count). The molecule has 0 N–H and O–H groups in total. The van der Waals surface area contributed by atoms with E-state index >= 15 is 0 Å². The average molecular weight is 233 g/mol. The van der Waals surface area contributed by atoms with Crippen molar-refractivity contribution in [2.45, 2.75) is 12.4 Å². The molecule has 0 spiro atoms. The number of hydrogen-bond donors (Lipinski definition) is 0. The van der Waals surface area contributed by atoms with Gasteiger partial charge in [0.25, 0.3) is 0 Å². The lowest BCUT2D eigenvalue weighted by atomic mass is 10.2. The fraction of sp³-hybridized carbons (Fsp3) is 0.400. The molecule has 0 aromatic heterocycles. The molecule has 2 atom stereocenters. The van der Waals surface area contributed by atoms with Crippen LogP contribution in [-0.4, -0.2) is 18.6 Å². The van der Waals surface area contributed by atoms with Crippen molar-refractivity contribution >= 4 is 23.2 Å². The van der Waals surface area contributed by atoms with Crippen LogP contribution in [0.2, 0.25) is 5.02 Å². The molecule has 1 aliphatic rings. The van der Waals surface area contributed by atoms with Gasteiger partial charge in [-0.15, -0.1) is 11.6 Å². The van der Waals surface area contributed by atoms with Crippen LogP contribution in [0, 0.1) is 0 Å². The molecule has 0 amide bonds. The van der Waals surface area contributed by atoms with Crippen LogP contribution >= 0.6 is 23.2 Å². The lowest BCUT2D eigenvalue weighted by Gasteiger charge is -2.11. The van der Waals surface area contributed by atoms with Gasteiger partial charge in [0.05, 0.1) is 18.6 Å². The topological polar surface area (TPSA) is 18.5 Å². The van der Waals surface area contributed by atoms with Crippen LogP contribution in [0.4, 0.5) is 0 Å². The highest BCUT2D eigenvalue weighted by molar-refractivity contribution is 6.31. The molecule has 0 aliphatic carbocycles. The zero-order valence-electron chi connectivity index (χ0n) is 7.45. The maximum absolute atomic E-state index is 6.00. The normalized spacial score (nSPS) is 26.7. The van der Waals surface area contributed by atoms with E-state index in [1.54, 1.807) is 0 Å². The van der Waals surface area contributed by atoms with Crippen molar-refractivity contribution in [2.75, 3.05) is 12.5 Å². The Hall–Kier alpha value is -0.280. The molecule has 14 heavy (non-hydrogen) atoms. The van der Waals surface area contributed by atoms with Crippen LogP contribution in [0.3, 0.4) is 0 Å². The number of halogens is 2. The van der Waals surface area contributed by atoms with E-state index in [2.05, 4.69) is 0 Å². The van der Waals surface area contributed by atoms with Crippen LogP contribution in [0.15, 0.2) is 24.3 Å². The molecule has 1 fully saturated rings. The predicted molar refractivity (Wildman–Crippen MR) is 55.7 cm³/mol. The standard InChI is InChI=1S/C10H10Cl2O2/c11-5-7-6-13-10(14-7)8-3-1-2-4-9(8)12/h1-4,7,10H,5-6H2/t7-,10+/m1/s1. The number of benzene rings is 1. The number of hydrogen-bond acceptors (Lipinski definition) is 2. The summed E-state index contributed by atoms with van der Waals surface area (Å²) in [5.74, 6) is 0.445. The third-order valence-corrected chi connectivity index (χ3v) is 2.77. The number of alkyl halides is 1. The minimum atomic E-state index is -0.368. The second-order valence-electron chi connectivity index (χ2n) is 3.10. The first kappa shape index (κ1) is 10.2. The van der Waals surface area contributed by atoms with Crippen molar-refractivity contribution in [1.82, 2.24) is 0 Å². The summed E-state index contributed by atoms with van der Waals surface area (Å²) in [6.45, 7) is 0.527. The highest BCUT2D eigenvalue weighted by Gasteiger charge is 2.27. The molecule has 0 bridgehead atoms. The molecule has 1 aromatic rings. The summed E-state index contributed by atoms with van der Waals surface area (Å²) in [5.41, 5.74) is 0.863. The quantitative estimate of drug-likeness (QED) is 0.731. The van der Waals surface area contributed by atoms with E-state index in [9.17, 15) is 0 Å². The van der Waals surface area contributed by atoms with Gasteiger partial charge in [0.1, 0.15) is 0 Å². The highest BCUT2D eigenvalue weighted by Crippen LogP contribution is 2.31. The zero-order valence-corrected chi connectivity index (χ0v) is 8.96.